The summed E-state index contributed by atoms with van der Waals surface area (Å²) in [6, 6.07) is 11.1. The molecule has 2 aromatic carbocycles. The van der Waals surface area contributed by atoms with E-state index >= 15 is 0 Å². The Hall–Kier alpha value is -4.02. The van der Waals surface area contributed by atoms with Crippen LogP contribution in [0.25, 0.3) is 23.0 Å². The Morgan fingerprint density at radius 2 is 1.95 bits per heavy atom. The second kappa shape index (κ2) is 9.13. The van der Waals surface area contributed by atoms with E-state index in [-0.39, 0.29) is 11.8 Å². The lowest BCUT2D eigenvalue weighted by atomic mass is 10.1. The number of halogens is 2. The Morgan fingerprint density at radius 1 is 1.08 bits per heavy atom. The normalized spacial score (nSPS) is 18.7. The van der Waals surface area contributed by atoms with E-state index in [0.29, 0.717) is 35.3 Å². The average molecular weight is 519 g/mol. The van der Waals surface area contributed by atoms with Gasteiger partial charge in [-0.25, -0.2) is 18.5 Å². The van der Waals surface area contributed by atoms with Crippen LogP contribution in [0.3, 0.4) is 0 Å². The predicted molar refractivity (Wildman–Crippen MR) is 132 cm³/mol. The van der Waals surface area contributed by atoms with E-state index in [9.17, 15) is 18.4 Å². The molecule has 6 rings (SSSR count). The Labute approximate surface area is 213 Å². The first-order valence-electron chi connectivity index (χ1n) is 11.6. The molecule has 0 saturated carbocycles. The van der Waals surface area contributed by atoms with Crippen molar-refractivity contribution in [3.63, 3.8) is 0 Å². The van der Waals surface area contributed by atoms with Crippen LogP contribution >= 0.6 is 11.3 Å². The number of aromatic nitrogens is 2. The van der Waals surface area contributed by atoms with Crippen LogP contribution in [0, 0.1) is 11.6 Å². The molecule has 0 spiro atoms. The molecule has 2 aliphatic rings. The summed E-state index contributed by atoms with van der Waals surface area (Å²) in [6.07, 6.45) is 2.36. The number of hydrogen-bond donors (Lipinski definition) is 0. The SMILES string of the molecule is CC1OC(c2cn(-c3ccc(F)c(F)c3)nc2-c2ccsc2)N(CCc2ccc3c(c2)=CC(=O)N=3)C1=O. The van der Waals surface area contributed by atoms with Crippen LogP contribution in [0.15, 0.2) is 64.4 Å². The number of amides is 2. The first kappa shape index (κ1) is 23.4. The molecule has 37 heavy (non-hydrogen) atoms. The van der Waals surface area contributed by atoms with Crippen LogP contribution < -0.4 is 10.6 Å². The van der Waals surface area contributed by atoms with Crippen LogP contribution in [0.5, 0.6) is 0 Å². The summed E-state index contributed by atoms with van der Waals surface area (Å²) < 4.78 is 35.1. The third-order valence-electron chi connectivity index (χ3n) is 6.46. The number of carbonyl (C=O) groups is 2. The molecule has 10 heteroatoms. The minimum absolute atomic E-state index is 0.153. The highest BCUT2D eigenvalue weighted by Gasteiger charge is 2.40. The fraction of sp³-hybridized carbons (Fsp3) is 0.185. The van der Waals surface area contributed by atoms with Gasteiger partial charge in [-0.15, -0.1) is 0 Å². The number of carbonyl (C=O) groups excluding carboxylic acids is 2. The standard InChI is InChI=1S/C27H20F2N4O3S/c1-15-26(35)32(8-6-16-2-5-23-18(10-16)11-24(34)30-23)27(36-15)20-13-33(19-3-4-21(28)22(29)12-19)31-25(20)17-7-9-37-14-17/h2-5,7,9-15,27H,6,8H2,1H3. The highest BCUT2D eigenvalue weighted by molar-refractivity contribution is 7.08. The van der Waals surface area contributed by atoms with E-state index < -0.39 is 24.0 Å². The van der Waals surface area contributed by atoms with Gasteiger partial charge in [0.1, 0.15) is 11.8 Å². The predicted octanol–water partition coefficient (Wildman–Crippen LogP) is 3.31. The van der Waals surface area contributed by atoms with Gasteiger partial charge < -0.3 is 9.64 Å². The molecule has 0 aliphatic carbocycles. The smallest absolute Gasteiger partial charge is 0.270 e. The summed E-state index contributed by atoms with van der Waals surface area (Å²) in [5, 5.41) is 9.91. The molecule has 2 aliphatic heterocycles. The molecule has 2 aromatic heterocycles. The number of nitrogens with zero attached hydrogens (tertiary/aromatic N) is 4. The van der Waals surface area contributed by atoms with Crippen LogP contribution in [-0.2, 0) is 20.7 Å². The fourth-order valence-corrected chi connectivity index (χ4v) is 5.25. The zero-order chi connectivity index (χ0) is 25.7. The lowest BCUT2D eigenvalue weighted by Gasteiger charge is -2.23. The van der Waals surface area contributed by atoms with Gasteiger partial charge in [0.15, 0.2) is 17.9 Å². The summed E-state index contributed by atoms with van der Waals surface area (Å²) in [4.78, 5) is 30.3. The summed E-state index contributed by atoms with van der Waals surface area (Å²) in [5.74, 6) is -2.35. The number of ether oxygens (including phenoxy) is 1. The van der Waals surface area contributed by atoms with Gasteiger partial charge in [0, 0.05) is 46.6 Å². The molecule has 2 unspecified atom stereocenters. The molecule has 4 heterocycles. The summed E-state index contributed by atoms with van der Waals surface area (Å²) >= 11 is 1.50. The summed E-state index contributed by atoms with van der Waals surface area (Å²) in [5.41, 5.74) is 3.38. The Kier molecular flexibility index (Phi) is 5.77. The Balaban J connectivity index is 1.35. The molecule has 2 amide bonds. The van der Waals surface area contributed by atoms with Crippen LogP contribution in [0.4, 0.5) is 8.78 Å². The van der Waals surface area contributed by atoms with Crippen molar-refractivity contribution in [1.29, 1.82) is 0 Å². The number of thiophene rings is 1. The van der Waals surface area contributed by atoms with Gasteiger partial charge in [0.05, 0.1) is 11.0 Å². The highest BCUT2D eigenvalue weighted by atomic mass is 32.1. The first-order valence-corrected chi connectivity index (χ1v) is 12.6. The van der Waals surface area contributed by atoms with E-state index in [0.717, 1.165) is 28.5 Å². The van der Waals surface area contributed by atoms with Crippen LogP contribution in [0.1, 0.15) is 24.3 Å². The number of rotatable bonds is 6. The molecule has 0 N–H and O–H groups in total. The monoisotopic (exact) mass is 518 g/mol. The van der Waals surface area contributed by atoms with Crippen molar-refractivity contribution >= 4 is 29.2 Å². The molecular weight excluding hydrogens is 498 g/mol. The van der Waals surface area contributed by atoms with E-state index in [2.05, 4.69) is 10.1 Å². The molecule has 2 atom stereocenters. The molecule has 1 saturated heterocycles. The number of fused-ring (bicyclic) bond motifs is 1. The second-order valence-corrected chi connectivity index (χ2v) is 9.67. The van der Waals surface area contributed by atoms with E-state index in [1.54, 1.807) is 24.1 Å². The third-order valence-corrected chi connectivity index (χ3v) is 7.14. The minimum atomic E-state index is -0.977. The van der Waals surface area contributed by atoms with Gasteiger partial charge in [-0.1, -0.05) is 6.07 Å². The minimum Gasteiger partial charge on any atom is -0.341 e. The molecule has 4 aromatic rings. The van der Waals surface area contributed by atoms with Crippen LogP contribution in [-0.4, -0.2) is 39.1 Å². The van der Waals surface area contributed by atoms with E-state index in [4.69, 9.17) is 4.74 Å². The number of benzene rings is 2. The second-order valence-electron chi connectivity index (χ2n) is 8.89. The molecule has 0 radical (unpaired) electrons. The molecular formula is C27H20F2N4O3S. The Morgan fingerprint density at radius 3 is 2.73 bits per heavy atom. The van der Waals surface area contributed by atoms with E-state index in [1.807, 2.05) is 29.0 Å². The lowest BCUT2D eigenvalue weighted by molar-refractivity contribution is -0.130. The van der Waals surface area contributed by atoms with Crippen molar-refractivity contribution in [2.75, 3.05) is 6.54 Å². The first-order chi connectivity index (χ1) is 17.9. The molecule has 1 fully saturated rings. The largest absolute Gasteiger partial charge is 0.341 e. The van der Waals surface area contributed by atoms with E-state index in [1.165, 1.54) is 28.2 Å². The topological polar surface area (TPSA) is 76.8 Å². The Bertz CT molecular complexity index is 1670. The van der Waals surface area contributed by atoms with Crippen molar-refractivity contribution in [3.8, 4) is 16.9 Å². The van der Waals surface area contributed by atoms with Gasteiger partial charge in [-0.3, -0.25) is 9.59 Å². The van der Waals surface area contributed by atoms with Gasteiger partial charge in [-0.05, 0) is 54.6 Å². The fourth-order valence-electron chi connectivity index (χ4n) is 4.60. The zero-order valence-corrected chi connectivity index (χ0v) is 20.4. The maximum absolute atomic E-state index is 14.0. The highest BCUT2D eigenvalue weighted by Crippen LogP contribution is 2.38. The van der Waals surface area contributed by atoms with Crippen molar-refractivity contribution in [2.45, 2.75) is 25.7 Å². The maximum Gasteiger partial charge on any atom is 0.270 e. The van der Waals surface area contributed by atoms with Gasteiger partial charge >= 0.3 is 0 Å². The summed E-state index contributed by atoms with van der Waals surface area (Å²) in [7, 11) is 0. The maximum atomic E-state index is 14.0. The lowest BCUT2D eigenvalue weighted by Crippen LogP contribution is -2.32. The van der Waals surface area contributed by atoms with Crippen molar-refractivity contribution < 1.29 is 23.1 Å². The van der Waals surface area contributed by atoms with Crippen molar-refractivity contribution in [1.82, 2.24) is 14.7 Å². The molecule has 7 nitrogen and oxygen atoms in total. The van der Waals surface area contributed by atoms with Gasteiger partial charge in [0.25, 0.3) is 11.8 Å². The van der Waals surface area contributed by atoms with Gasteiger partial charge in [0.2, 0.25) is 0 Å². The van der Waals surface area contributed by atoms with Crippen molar-refractivity contribution in [3.05, 3.63) is 92.8 Å². The van der Waals surface area contributed by atoms with Crippen LogP contribution in [0.2, 0.25) is 0 Å². The molecule has 0 bridgehead atoms. The third kappa shape index (κ3) is 4.28. The zero-order valence-electron chi connectivity index (χ0n) is 19.6. The summed E-state index contributed by atoms with van der Waals surface area (Å²) in [6.45, 7) is 2.08. The quantitative estimate of drug-likeness (QED) is 0.393. The average Bonchev–Trinajstić information content (AvgIpc) is 3.66. The number of hydrogen-bond acceptors (Lipinski definition) is 5. The molecule has 186 valence electrons. The van der Waals surface area contributed by atoms with Crippen molar-refractivity contribution in [2.24, 2.45) is 4.99 Å². The van der Waals surface area contributed by atoms with Gasteiger partial charge in [-0.2, -0.15) is 16.4 Å².